The summed E-state index contributed by atoms with van der Waals surface area (Å²) in [6.45, 7) is -2.06. The van der Waals surface area contributed by atoms with E-state index in [2.05, 4.69) is 55.5 Å². The molecule has 2 aromatic carbocycles. The van der Waals surface area contributed by atoms with Gasteiger partial charge in [-0.3, -0.25) is 28.8 Å². The minimum Gasteiger partial charge on any atom is -0.441 e. The number of pyridine rings is 2. The summed E-state index contributed by atoms with van der Waals surface area (Å²) in [5, 5.41) is 26.9. The third-order valence-electron chi connectivity index (χ3n) is 8.63. The predicted molar refractivity (Wildman–Crippen MR) is 193 cm³/mol. The van der Waals surface area contributed by atoms with E-state index in [9.17, 15) is 28.5 Å². The number of hydrogen-bond donors (Lipinski definition) is 4. The first-order chi connectivity index (χ1) is 28.3. The third-order valence-corrected chi connectivity index (χ3v) is 11.2. The molecule has 2 aliphatic rings. The monoisotopic (exact) mass is 854 g/mol. The second-order valence-electron chi connectivity index (χ2n) is 12.5. The van der Waals surface area contributed by atoms with Crippen LogP contribution in [0.3, 0.4) is 0 Å². The number of nitrogens with zero attached hydrogens (tertiary/aromatic N) is 10. The molecule has 0 bridgehead atoms. The zero-order valence-electron chi connectivity index (χ0n) is 29.6. The molecule has 4 N–H and O–H groups in total. The van der Waals surface area contributed by atoms with Crippen LogP contribution in [0.5, 0.6) is 0 Å². The number of tetrazole rings is 2. The van der Waals surface area contributed by atoms with E-state index in [0.29, 0.717) is 22.5 Å². The van der Waals surface area contributed by atoms with Gasteiger partial charge in [-0.25, -0.2) is 27.5 Å². The van der Waals surface area contributed by atoms with Crippen molar-refractivity contribution < 1.29 is 60.1 Å². The van der Waals surface area contributed by atoms with E-state index < -0.39 is 64.9 Å². The number of carbonyl (C=O) groups excluding carboxylic acids is 2. The molecule has 4 aromatic heterocycles. The molecule has 6 aromatic rings. The number of amides is 2. The summed E-state index contributed by atoms with van der Waals surface area (Å²) in [4.78, 5) is 56.0. The summed E-state index contributed by atoms with van der Waals surface area (Å²) in [5.41, 5.74) is 2.20. The van der Waals surface area contributed by atoms with Gasteiger partial charge in [-0.05, 0) is 59.0 Å². The van der Waals surface area contributed by atoms with Crippen molar-refractivity contribution in [3.05, 3.63) is 84.7 Å². The maximum atomic E-state index is 15.2. The van der Waals surface area contributed by atoms with Crippen LogP contribution in [-0.2, 0) is 32.0 Å². The zero-order chi connectivity index (χ0) is 41.3. The first kappa shape index (κ1) is 39.4. The lowest BCUT2D eigenvalue weighted by Crippen LogP contribution is -2.26. The van der Waals surface area contributed by atoms with Crippen LogP contribution in [0.15, 0.2) is 73.1 Å². The highest BCUT2D eigenvalue weighted by atomic mass is 31.3. The first-order valence-corrected chi connectivity index (χ1v) is 19.9. The van der Waals surface area contributed by atoms with Gasteiger partial charge in [-0.15, -0.1) is 20.4 Å². The van der Waals surface area contributed by atoms with Crippen LogP contribution >= 0.6 is 15.6 Å². The maximum absolute atomic E-state index is 15.2. The smallest absolute Gasteiger partial charge is 0.441 e. The Bertz CT molecular complexity index is 2420. The number of H-pyrrole nitrogens is 2. The highest BCUT2D eigenvalue weighted by Gasteiger charge is 2.41. The van der Waals surface area contributed by atoms with Gasteiger partial charge in [0, 0.05) is 34.6 Å². The largest absolute Gasteiger partial charge is 0.481 e. The topological polar surface area (TPSA) is 296 Å². The number of rotatable bonds is 14. The lowest BCUT2D eigenvalue weighted by atomic mass is 10.1. The fourth-order valence-corrected chi connectivity index (χ4v) is 8.02. The molecule has 59 heavy (non-hydrogen) atoms. The minimum absolute atomic E-state index is 0.0990. The van der Waals surface area contributed by atoms with Crippen LogP contribution in [0, 0.1) is 11.6 Å². The molecule has 304 valence electrons. The fraction of sp³-hybridized carbons (Fsp3) is 0.188. The maximum Gasteiger partial charge on any atom is 0.481 e. The quantitative estimate of drug-likeness (QED) is 0.112. The number of benzene rings is 2. The average Bonchev–Trinajstić information content (AvgIpc) is 4.05. The number of cyclic esters (lactones) is 2. The van der Waals surface area contributed by atoms with Gasteiger partial charge in [-0.2, -0.15) is 14.7 Å². The van der Waals surface area contributed by atoms with E-state index in [1.807, 2.05) is 0 Å². The normalized spacial score (nSPS) is 18.7. The molecule has 4 atom stereocenters. The highest BCUT2D eigenvalue weighted by molar-refractivity contribution is 7.61. The van der Waals surface area contributed by atoms with Crippen molar-refractivity contribution in [2.24, 2.45) is 0 Å². The molecular weight excluding hydrogens is 828 g/mol. The second-order valence-corrected chi connectivity index (χ2v) is 15.6. The molecule has 0 saturated carbocycles. The van der Waals surface area contributed by atoms with Gasteiger partial charge in [0.2, 0.25) is 11.6 Å². The number of aromatic nitrogens is 10. The Morgan fingerprint density at radius 3 is 1.49 bits per heavy atom. The number of anilines is 2. The molecule has 2 unspecified atom stereocenters. The molecule has 27 heteroatoms. The summed E-state index contributed by atoms with van der Waals surface area (Å²) in [6, 6.07) is 14.3. The Kier molecular flexibility index (Phi) is 10.7. The molecule has 6 heterocycles. The van der Waals surface area contributed by atoms with Gasteiger partial charge in [-0.1, -0.05) is 12.1 Å². The fourth-order valence-electron chi connectivity index (χ4n) is 5.89. The molecule has 0 radical (unpaired) electrons. The summed E-state index contributed by atoms with van der Waals surface area (Å²) < 4.78 is 79.8. The van der Waals surface area contributed by atoms with Crippen LogP contribution in [0.4, 0.5) is 29.7 Å². The molecule has 2 amide bonds. The van der Waals surface area contributed by atoms with E-state index in [-0.39, 0.29) is 47.2 Å². The lowest BCUT2D eigenvalue weighted by molar-refractivity contribution is 0.0733. The Labute approximate surface area is 328 Å². The molecule has 0 spiro atoms. The second kappa shape index (κ2) is 16.1. The van der Waals surface area contributed by atoms with E-state index >= 15 is 8.78 Å². The highest BCUT2D eigenvalue weighted by Crippen LogP contribution is 2.60. The Morgan fingerprint density at radius 1 is 0.695 bits per heavy atom. The van der Waals surface area contributed by atoms with Crippen molar-refractivity contribution in [1.82, 2.24) is 51.2 Å². The summed E-state index contributed by atoms with van der Waals surface area (Å²) in [6.07, 6.45) is -1.39. The van der Waals surface area contributed by atoms with E-state index in [1.165, 1.54) is 36.7 Å². The van der Waals surface area contributed by atoms with Crippen molar-refractivity contribution in [2.75, 3.05) is 36.1 Å². The number of halogens is 2. The van der Waals surface area contributed by atoms with Gasteiger partial charge in [0.05, 0.1) is 37.7 Å². The number of phosphoric acid groups is 2. The molecule has 8 rings (SSSR count). The molecule has 2 aliphatic heterocycles. The van der Waals surface area contributed by atoms with E-state index in [1.54, 1.807) is 24.3 Å². The van der Waals surface area contributed by atoms with Gasteiger partial charge < -0.3 is 19.3 Å². The summed E-state index contributed by atoms with van der Waals surface area (Å²) in [7, 11) is -10.7. The van der Waals surface area contributed by atoms with Gasteiger partial charge >= 0.3 is 27.8 Å². The van der Waals surface area contributed by atoms with Crippen molar-refractivity contribution in [3.63, 3.8) is 0 Å². The van der Waals surface area contributed by atoms with Crippen molar-refractivity contribution >= 4 is 39.2 Å². The Hall–Kier alpha value is -6.46. The molecule has 2 fully saturated rings. The Morgan fingerprint density at radius 2 is 1.14 bits per heavy atom. The van der Waals surface area contributed by atoms with Crippen LogP contribution in [0.2, 0.25) is 0 Å². The molecule has 23 nitrogen and oxygen atoms in total. The number of carbonyl (C=O) groups is 2. The molecular formula is C32H26F2N12O11P2. The lowest BCUT2D eigenvalue weighted by Gasteiger charge is -2.18. The summed E-state index contributed by atoms with van der Waals surface area (Å²) in [5.74, 6) is -0.885. The van der Waals surface area contributed by atoms with Crippen LogP contribution in [0.1, 0.15) is 0 Å². The number of ether oxygens (including phenoxy) is 2. The SMILES string of the molecule is O=C1O[C@@H](COP(=O)(O)OP(=O)(O)OC[C@H]2CN(c3ccc(-c4ccc(-c5nn[nH]n5)nc4)c(F)c3)C(=O)O2)CN1c1ccc(-c2ccc(-c3nn[nH]n3)nc2)c(F)c1. The third kappa shape index (κ3) is 8.85. The first-order valence-electron chi connectivity index (χ1n) is 16.9. The van der Waals surface area contributed by atoms with Crippen LogP contribution in [0.25, 0.3) is 45.3 Å². The molecule has 0 aliphatic carbocycles. The number of phosphoric ester groups is 2. The predicted octanol–water partition coefficient (Wildman–Crippen LogP) is 4.05. The number of hydrogen-bond acceptors (Lipinski definition) is 17. The number of nitrogens with one attached hydrogen (secondary N) is 2. The van der Waals surface area contributed by atoms with Crippen molar-refractivity contribution in [3.8, 4) is 45.3 Å². The molecule has 2 saturated heterocycles. The van der Waals surface area contributed by atoms with Crippen molar-refractivity contribution in [2.45, 2.75) is 12.2 Å². The number of aromatic amines is 2. The Balaban J connectivity index is 0.809. The van der Waals surface area contributed by atoms with Crippen LogP contribution < -0.4 is 9.80 Å². The average molecular weight is 855 g/mol. The zero-order valence-corrected chi connectivity index (χ0v) is 31.4. The van der Waals surface area contributed by atoms with E-state index in [0.717, 1.165) is 21.9 Å². The van der Waals surface area contributed by atoms with Gasteiger partial charge in [0.1, 0.15) is 35.2 Å². The minimum atomic E-state index is -5.33. The van der Waals surface area contributed by atoms with E-state index in [4.69, 9.17) is 18.5 Å². The van der Waals surface area contributed by atoms with Gasteiger partial charge in [0.15, 0.2) is 0 Å². The summed E-state index contributed by atoms with van der Waals surface area (Å²) >= 11 is 0. The van der Waals surface area contributed by atoms with Crippen LogP contribution in [-0.4, -0.2) is 112 Å². The standard InChI is InChI=1S/C32H26F2N12O11P2/c33-25-9-19(3-5-23(25)17-1-7-27(35-11-17)29-37-41-42-38-29)45-13-21(55-31(45)47)15-53-58(49,50)57-59(51,52)54-16-22-14-46(32(48)56-22)20-4-6-24(26(34)10-20)18-2-8-28(36-12-18)30-39-43-44-40-30/h1-12,21-22H,13-16H2,(H,49,50)(H,51,52)(H,37,38,41,42)(H,39,40,43,44)/t21-,22-/m1/s1. The van der Waals surface area contributed by atoms with Crippen molar-refractivity contribution in [1.29, 1.82) is 0 Å². The van der Waals surface area contributed by atoms with Gasteiger partial charge in [0.25, 0.3) is 0 Å².